The van der Waals surface area contributed by atoms with Gasteiger partial charge >= 0.3 is 6.18 Å². The van der Waals surface area contributed by atoms with E-state index >= 15 is 0 Å². The zero-order valence-corrected chi connectivity index (χ0v) is 9.49. The Balaban J connectivity index is 4.17. The third-order valence-electron chi connectivity index (χ3n) is 3.09. The number of nitrogens with two attached hydrogens (primary N) is 1. The van der Waals surface area contributed by atoms with Crippen LogP contribution >= 0.6 is 0 Å². The maximum atomic E-state index is 11.9. The van der Waals surface area contributed by atoms with Crippen molar-refractivity contribution in [3.63, 3.8) is 0 Å². The Morgan fingerprint density at radius 1 is 1.07 bits per heavy atom. The lowest BCUT2D eigenvalue weighted by molar-refractivity contribution is -0.140. The van der Waals surface area contributed by atoms with Gasteiger partial charge in [-0.25, -0.2) is 0 Å². The lowest BCUT2D eigenvalue weighted by Crippen LogP contribution is -2.46. The second-order valence-corrected chi connectivity index (χ2v) is 4.83. The van der Waals surface area contributed by atoms with Crippen molar-refractivity contribution in [3.05, 3.63) is 0 Å². The second-order valence-electron chi connectivity index (χ2n) is 4.83. The summed E-state index contributed by atoms with van der Waals surface area (Å²) in [6, 6.07) is 0. The van der Waals surface area contributed by atoms with Gasteiger partial charge in [0.05, 0.1) is 5.60 Å². The molecule has 0 amide bonds. The van der Waals surface area contributed by atoms with Gasteiger partial charge in [0.25, 0.3) is 0 Å². The van der Waals surface area contributed by atoms with Gasteiger partial charge in [0.2, 0.25) is 0 Å². The number of halogens is 3. The summed E-state index contributed by atoms with van der Waals surface area (Å²) in [6.07, 6.45) is -4.97. The summed E-state index contributed by atoms with van der Waals surface area (Å²) in [4.78, 5) is 0. The largest absolute Gasteiger partial charge is 0.390 e. The number of rotatable bonds is 5. The maximum Gasteiger partial charge on any atom is 0.389 e. The summed E-state index contributed by atoms with van der Waals surface area (Å²) >= 11 is 0. The molecule has 1 unspecified atom stereocenters. The first-order chi connectivity index (χ1) is 6.52. The van der Waals surface area contributed by atoms with Crippen LogP contribution in [0.5, 0.6) is 0 Å². The quantitative estimate of drug-likeness (QED) is 0.757. The standard InChI is InChI=1S/C10H20F3NO/c1-8(2,7-14)9(3,15)5-4-6-10(11,12)13/h15H,4-7,14H2,1-3H3. The number of hydrogen-bond donors (Lipinski definition) is 2. The Bertz CT molecular complexity index is 199. The van der Waals surface area contributed by atoms with Crippen LogP contribution in [0.25, 0.3) is 0 Å². The molecule has 2 nitrogen and oxygen atoms in total. The molecule has 5 heteroatoms. The maximum absolute atomic E-state index is 11.9. The minimum absolute atomic E-state index is 0.0695. The van der Waals surface area contributed by atoms with Gasteiger partial charge in [0.15, 0.2) is 0 Å². The molecule has 0 bridgehead atoms. The minimum atomic E-state index is -4.15. The topological polar surface area (TPSA) is 46.2 Å². The van der Waals surface area contributed by atoms with Crippen LogP contribution in [0, 0.1) is 5.41 Å². The zero-order valence-electron chi connectivity index (χ0n) is 9.49. The average molecular weight is 227 g/mol. The summed E-state index contributed by atoms with van der Waals surface area (Å²) in [6.45, 7) is 5.28. The van der Waals surface area contributed by atoms with E-state index in [1.807, 2.05) is 0 Å². The van der Waals surface area contributed by atoms with E-state index in [2.05, 4.69) is 0 Å². The van der Waals surface area contributed by atoms with Gasteiger partial charge in [-0.1, -0.05) is 13.8 Å². The molecule has 0 spiro atoms. The zero-order chi connectivity index (χ0) is 12.3. The lowest BCUT2D eigenvalue weighted by atomic mass is 9.73. The van der Waals surface area contributed by atoms with Gasteiger partial charge in [0, 0.05) is 18.4 Å². The van der Waals surface area contributed by atoms with Crippen molar-refractivity contribution < 1.29 is 18.3 Å². The highest BCUT2D eigenvalue weighted by Crippen LogP contribution is 2.35. The molecule has 0 aliphatic carbocycles. The molecule has 3 N–H and O–H groups in total. The molecule has 0 saturated heterocycles. The summed E-state index contributed by atoms with van der Waals surface area (Å²) < 4.78 is 35.7. The molecule has 0 aliphatic heterocycles. The monoisotopic (exact) mass is 227 g/mol. The van der Waals surface area contributed by atoms with Gasteiger partial charge in [-0.2, -0.15) is 13.2 Å². The molecular weight excluding hydrogens is 207 g/mol. The van der Waals surface area contributed by atoms with Crippen LogP contribution in [0.4, 0.5) is 13.2 Å². The van der Waals surface area contributed by atoms with Crippen LogP contribution < -0.4 is 5.73 Å². The fourth-order valence-electron chi connectivity index (χ4n) is 1.19. The summed E-state index contributed by atoms with van der Waals surface area (Å²) in [5.41, 5.74) is 3.74. The van der Waals surface area contributed by atoms with Crippen LogP contribution in [-0.4, -0.2) is 23.4 Å². The van der Waals surface area contributed by atoms with Crippen LogP contribution in [0.15, 0.2) is 0 Å². The van der Waals surface area contributed by atoms with Crippen molar-refractivity contribution in [2.75, 3.05) is 6.54 Å². The normalized spacial score (nSPS) is 17.6. The van der Waals surface area contributed by atoms with E-state index < -0.39 is 23.6 Å². The van der Waals surface area contributed by atoms with E-state index in [1.165, 1.54) is 6.92 Å². The smallest absolute Gasteiger partial charge is 0.389 e. The van der Waals surface area contributed by atoms with Crippen molar-refractivity contribution >= 4 is 0 Å². The van der Waals surface area contributed by atoms with Gasteiger partial charge in [0.1, 0.15) is 0 Å². The van der Waals surface area contributed by atoms with Crippen LogP contribution in [0.3, 0.4) is 0 Å². The van der Waals surface area contributed by atoms with Crippen LogP contribution in [0.2, 0.25) is 0 Å². The highest BCUT2D eigenvalue weighted by molar-refractivity contribution is 4.90. The molecule has 0 aromatic carbocycles. The van der Waals surface area contributed by atoms with Crippen LogP contribution in [-0.2, 0) is 0 Å². The van der Waals surface area contributed by atoms with E-state index in [0.29, 0.717) is 0 Å². The van der Waals surface area contributed by atoms with E-state index in [1.54, 1.807) is 13.8 Å². The third-order valence-corrected chi connectivity index (χ3v) is 3.09. The second kappa shape index (κ2) is 4.70. The molecular formula is C10H20F3NO. The first-order valence-electron chi connectivity index (χ1n) is 5.01. The van der Waals surface area contributed by atoms with Crippen molar-refractivity contribution in [1.82, 2.24) is 0 Å². The van der Waals surface area contributed by atoms with E-state index in [4.69, 9.17) is 5.73 Å². The SMILES string of the molecule is CC(C)(CN)C(C)(O)CCCC(F)(F)F. The highest BCUT2D eigenvalue weighted by atomic mass is 19.4. The average Bonchev–Trinajstić information content (AvgIpc) is 2.01. The predicted molar refractivity (Wildman–Crippen MR) is 53.4 cm³/mol. The van der Waals surface area contributed by atoms with E-state index in [9.17, 15) is 18.3 Å². The lowest BCUT2D eigenvalue weighted by Gasteiger charge is -2.39. The first kappa shape index (κ1) is 14.7. The van der Waals surface area contributed by atoms with Crippen molar-refractivity contribution in [2.24, 2.45) is 11.1 Å². The Labute approximate surface area is 88.7 Å². The van der Waals surface area contributed by atoms with E-state index in [-0.39, 0.29) is 19.4 Å². The van der Waals surface area contributed by atoms with Gasteiger partial charge in [-0.3, -0.25) is 0 Å². The number of aliphatic hydroxyl groups is 1. The Kier molecular flexibility index (Phi) is 4.61. The van der Waals surface area contributed by atoms with Crippen molar-refractivity contribution in [2.45, 2.75) is 51.8 Å². The van der Waals surface area contributed by atoms with Crippen LogP contribution in [0.1, 0.15) is 40.0 Å². The number of alkyl halides is 3. The molecule has 0 heterocycles. The fourth-order valence-corrected chi connectivity index (χ4v) is 1.19. The summed E-state index contributed by atoms with van der Waals surface area (Å²) in [7, 11) is 0. The third kappa shape index (κ3) is 4.84. The molecule has 0 aromatic rings. The summed E-state index contributed by atoms with van der Waals surface area (Å²) in [5, 5.41) is 9.99. The fraction of sp³-hybridized carbons (Fsp3) is 1.00. The highest BCUT2D eigenvalue weighted by Gasteiger charge is 2.38. The molecule has 0 aromatic heterocycles. The molecule has 92 valence electrons. The van der Waals surface area contributed by atoms with Crippen molar-refractivity contribution in [1.29, 1.82) is 0 Å². The molecule has 0 radical (unpaired) electrons. The molecule has 0 saturated carbocycles. The summed E-state index contributed by atoms with van der Waals surface area (Å²) in [5.74, 6) is 0. The van der Waals surface area contributed by atoms with Gasteiger partial charge < -0.3 is 10.8 Å². The molecule has 15 heavy (non-hydrogen) atoms. The Morgan fingerprint density at radius 2 is 1.53 bits per heavy atom. The number of hydrogen-bond acceptors (Lipinski definition) is 2. The van der Waals surface area contributed by atoms with Gasteiger partial charge in [-0.15, -0.1) is 0 Å². The first-order valence-corrected chi connectivity index (χ1v) is 5.01. The predicted octanol–water partition coefficient (Wildman–Crippen LogP) is 2.45. The Hall–Kier alpha value is -0.290. The Morgan fingerprint density at radius 3 is 1.87 bits per heavy atom. The van der Waals surface area contributed by atoms with E-state index in [0.717, 1.165) is 0 Å². The molecule has 1 atom stereocenters. The van der Waals surface area contributed by atoms with Crippen molar-refractivity contribution in [3.8, 4) is 0 Å². The molecule has 0 aliphatic rings. The minimum Gasteiger partial charge on any atom is -0.390 e. The molecule has 0 fully saturated rings. The van der Waals surface area contributed by atoms with Gasteiger partial charge in [-0.05, 0) is 19.8 Å². The molecule has 0 rings (SSSR count).